The van der Waals surface area contributed by atoms with Crippen molar-refractivity contribution < 1.29 is 14.3 Å². The van der Waals surface area contributed by atoms with E-state index < -0.39 is 24.0 Å². The Labute approximate surface area is 188 Å². The van der Waals surface area contributed by atoms with Crippen molar-refractivity contribution in [2.45, 2.75) is 20.0 Å². The number of pyridine rings is 2. The number of hydrogen-bond acceptors (Lipinski definition) is 8. The van der Waals surface area contributed by atoms with Crippen LogP contribution in [0.15, 0.2) is 36.7 Å². The van der Waals surface area contributed by atoms with Gasteiger partial charge in [0.2, 0.25) is 5.91 Å². The zero-order valence-corrected chi connectivity index (χ0v) is 18.2. The zero-order valence-electron chi connectivity index (χ0n) is 17.4. The second-order valence-corrected chi connectivity index (χ2v) is 7.10. The molecule has 0 fully saturated rings. The van der Waals surface area contributed by atoms with Gasteiger partial charge in [-0.05, 0) is 32.0 Å². The van der Waals surface area contributed by atoms with E-state index in [9.17, 15) is 9.59 Å². The molecule has 3 heterocycles. The van der Waals surface area contributed by atoms with Gasteiger partial charge in [0.1, 0.15) is 17.2 Å². The molecule has 3 aromatic rings. The van der Waals surface area contributed by atoms with Crippen LogP contribution in [-0.2, 0) is 16.6 Å². The molecule has 2 amide bonds. The quantitative estimate of drug-likeness (QED) is 0.539. The molecule has 0 aliphatic carbocycles. The number of nitrogens with one attached hydrogen (secondary N) is 2. The van der Waals surface area contributed by atoms with Gasteiger partial charge in [0, 0.05) is 18.8 Å². The van der Waals surface area contributed by atoms with Gasteiger partial charge in [-0.1, -0.05) is 22.9 Å². The second kappa shape index (κ2) is 9.84. The van der Waals surface area contributed by atoms with Crippen molar-refractivity contribution >= 4 is 35.1 Å². The molecule has 1 unspecified atom stereocenters. The fourth-order valence-corrected chi connectivity index (χ4v) is 2.91. The number of aromatic nitrogens is 5. The van der Waals surface area contributed by atoms with Gasteiger partial charge < -0.3 is 10.1 Å². The molecule has 0 spiro atoms. The Hall–Kier alpha value is -4.04. The lowest BCUT2D eigenvalue weighted by Crippen LogP contribution is -2.19. The Morgan fingerprint density at radius 3 is 2.66 bits per heavy atom. The highest BCUT2D eigenvalue weighted by atomic mass is 35.5. The minimum atomic E-state index is -0.791. The molecular weight excluding hydrogens is 436 g/mol. The lowest BCUT2D eigenvalue weighted by atomic mass is 10.2. The van der Waals surface area contributed by atoms with E-state index in [1.807, 2.05) is 6.07 Å². The van der Waals surface area contributed by atoms with Crippen LogP contribution in [0.3, 0.4) is 0 Å². The summed E-state index contributed by atoms with van der Waals surface area (Å²) < 4.78 is 6.76. The number of ether oxygens (including phenoxy) is 1. The van der Waals surface area contributed by atoms with Crippen LogP contribution >= 0.6 is 11.6 Å². The number of amides is 2. The molecule has 3 aromatic heterocycles. The van der Waals surface area contributed by atoms with E-state index in [1.165, 1.54) is 17.8 Å². The van der Waals surface area contributed by atoms with Crippen molar-refractivity contribution in [2.75, 3.05) is 10.6 Å². The summed E-state index contributed by atoms with van der Waals surface area (Å²) in [6.45, 7) is 3.17. The van der Waals surface area contributed by atoms with E-state index in [4.69, 9.17) is 21.6 Å². The van der Waals surface area contributed by atoms with Crippen molar-refractivity contribution in [2.24, 2.45) is 13.0 Å². The van der Waals surface area contributed by atoms with E-state index >= 15 is 0 Å². The zero-order chi connectivity index (χ0) is 23.3. The predicted molar refractivity (Wildman–Crippen MR) is 115 cm³/mol. The number of nitrogens with zero attached hydrogens (tertiary/aromatic N) is 6. The molecule has 0 aliphatic heterocycles. The third-order valence-corrected chi connectivity index (χ3v) is 4.73. The Balaban J connectivity index is 1.72. The first-order valence-corrected chi connectivity index (χ1v) is 9.82. The van der Waals surface area contributed by atoms with Gasteiger partial charge in [-0.15, -0.1) is 5.10 Å². The number of carbonyl (C=O) groups excluding carboxylic acids is 2. The number of nitriles is 1. The fourth-order valence-electron chi connectivity index (χ4n) is 2.64. The molecule has 12 heteroatoms. The molecule has 2 atom stereocenters. The highest BCUT2D eigenvalue weighted by Gasteiger charge is 2.20. The molecule has 0 bridgehead atoms. The average molecular weight is 455 g/mol. The van der Waals surface area contributed by atoms with Crippen molar-refractivity contribution in [3.63, 3.8) is 0 Å². The highest BCUT2D eigenvalue weighted by Crippen LogP contribution is 2.26. The first kappa shape index (κ1) is 22.6. The van der Waals surface area contributed by atoms with Gasteiger partial charge in [0.15, 0.2) is 11.5 Å². The van der Waals surface area contributed by atoms with Crippen molar-refractivity contribution in [3.05, 3.63) is 47.4 Å². The van der Waals surface area contributed by atoms with Gasteiger partial charge in [-0.25, -0.2) is 14.5 Å². The average Bonchev–Trinajstić information content (AvgIpc) is 3.13. The lowest BCUT2D eigenvalue weighted by Gasteiger charge is -2.15. The first-order valence-electron chi connectivity index (χ1n) is 9.44. The van der Waals surface area contributed by atoms with Crippen LogP contribution in [0.25, 0.3) is 11.4 Å². The molecular formula is C20H19ClN8O3. The van der Waals surface area contributed by atoms with Crippen molar-refractivity contribution in [1.29, 1.82) is 5.26 Å². The molecule has 11 nitrogen and oxygen atoms in total. The van der Waals surface area contributed by atoms with E-state index in [0.717, 1.165) is 0 Å². The summed E-state index contributed by atoms with van der Waals surface area (Å²) in [5.74, 6) is -0.961. The molecule has 164 valence electrons. The van der Waals surface area contributed by atoms with Gasteiger partial charge in [0.25, 0.3) is 0 Å². The summed E-state index contributed by atoms with van der Waals surface area (Å²) in [7, 11) is 1.60. The van der Waals surface area contributed by atoms with Gasteiger partial charge in [-0.2, -0.15) is 5.26 Å². The van der Waals surface area contributed by atoms with Crippen LogP contribution in [0, 0.1) is 17.2 Å². The van der Waals surface area contributed by atoms with Crippen LogP contribution in [-0.4, -0.2) is 37.0 Å². The summed E-state index contributed by atoms with van der Waals surface area (Å²) in [6.07, 6.45) is 1.58. The minimum absolute atomic E-state index is 0.247. The maximum atomic E-state index is 12.4. The molecule has 0 aromatic carbocycles. The molecule has 3 rings (SSSR count). The van der Waals surface area contributed by atoms with E-state index in [2.05, 4.69) is 30.9 Å². The normalized spacial score (nSPS) is 12.3. The molecule has 0 saturated heterocycles. The van der Waals surface area contributed by atoms with Gasteiger partial charge in [0.05, 0.1) is 23.6 Å². The third kappa shape index (κ3) is 5.16. The maximum Gasteiger partial charge on any atom is 0.413 e. The summed E-state index contributed by atoms with van der Waals surface area (Å²) in [5, 5.41) is 22.2. The highest BCUT2D eigenvalue weighted by molar-refractivity contribution is 6.30. The van der Waals surface area contributed by atoms with E-state index in [0.29, 0.717) is 22.6 Å². The Kier molecular flexibility index (Phi) is 6.97. The Morgan fingerprint density at radius 1 is 1.22 bits per heavy atom. The van der Waals surface area contributed by atoms with Crippen LogP contribution in [0.2, 0.25) is 5.15 Å². The van der Waals surface area contributed by atoms with Gasteiger partial charge in [-0.3, -0.25) is 15.1 Å². The SMILES string of the molecule is CC(C#N)C(=O)Nc1ccc(-c2nnn(C)c2NC(=O)O[C@H](C)c2cccnc2Cl)nc1. The van der Waals surface area contributed by atoms with Crippen molar-refractivity contribution in [1.82, 2.24) is 25.0 Å². The number of halogens is 1. The standard InChI is InChI=1S/C20H19ClN8O3/c1-11(9-22)19(30)25-13-6-7-15(24-10-13)16-18(29(3)28-27-16)26-20(31)32-12(2)14-5-4-8-23-17(14)21/h4-8,10-12H,1-3H3,(H,25,30)(H,26,31)/t11?,12-/m1/s1. The smallest absolute Gasteiger partial charge is 0.413 e. The molecule has 0 radical (unpaired) electrons. The number of carbonyl (C=O) groups is 2. The first-order chi connectivity index (χ1) is 15.3. The number of aryl methyl sites for hydroxylation is 1. The number of anilines is 2. The fraction of sp³-hybridized carbons (Fsp3) is 0.250. The Bertz CT molecular complexity index is 1170. The molecule has 0 saturated carbocycles. The summed E-state index contributed by atoms with van der Waals surface area (Å²) in [5.41, 5.74) is 1.70. The largest absolute Gasteiger partial charge is 0.441 e. The summed E-state index contributed by atoms with van der Waals surface area (Å²) >= 11 is 6.05. The second-order valence-electron chi connectivity index (χ2n) is 6.74. The monoisotopic (exact) mass is 454 g/mol. The topological polar surface area (TPSA) is 148 Å². The maximum absolute atomic E-state index is 12.4. The molecule has 2 N–H and O–H groups in total. The summed E-state index contributed by atoms with van der Waals surface area (Å²) in [4.78, 5) is 32.5. The predicted octanol–water partition coefficient (Wildman–Crippen LogP) is 3.33. The van der Waals surface area contributed by atoms with Crippen molar-refractivity contribution in [3.8, 4) is 17.5 Å². The third-order valence-electron chi connectivity index (χ3n) is 4.42. The van der Waals surface area contributed by atoms with E-state index in [1.54, 1.807) is 44.4 Å². The van der Waals surface area contributed by atoms with Crippen LogP contribution in [0.4, 0.5) is 16.3 Å². The lowest BCUT2D eigenvalue weighted by molar-refractivity contribution is -0.117. The summed E-state index contributed by atoms with van der Waals surface area (Å²) in [6, 6.07) is 8.48. The van der Waals surface area contributed by atoms with Crippen LogP contribution in [0.1, 0.15) is 25.5 Å². The molecule has 32 heavy (non-hydrogen) atoms. The van der Waals surface area contributed by atoms with E-state index in [-0.39, 0.29) is 11.0 Å². The van der Waals surface area contributed by atoms with Crippen LogP contribution in [0.5, 0.6) is 0 Å². The Morgan fingerprint density at radius 2 is 2.00 bits per heavy atom. The minimum Gasteiger partial charge on any atom is -0.441 e. The number of hydrogen-bond donors (Lipinski definition) is 2. The van der Waals surface area contributed by atoms with Crippen LogP contribution < -0.4 is 10.6 Å². The van der Waals surface area contributed by atoms with Gasteiger partial charge >= 0.3 is 6.09 Å². The number of rotatable bonds is 6. The molecule has 0 aliphatic rings.